The van der Waals surface area contributed by atoms with Crippen molar-refractivity contribution in [2.45, 2.75) is 13.1 Å². The standard InChI is InChI=1S/C12H13BrF3NO2/c1-3-17(7-12(14,15)16)11(18)8-4-5-10(19-2)9(13)6-8/h4-6H,3,7H2,1-2H3. The Balaban J connectivity index is 2.95. The number of alkyl halides is 3. The maximum atomic E-state index is 12.3. The fourth-order valence-electron chi connectivity index (χ4n) is 1.53. The van der Waals surface area contributed by atoms with E-state index in [1.54, 1.807) is 0 Å². The second-order valence-electron chi connectivity index (χ2n) is 3.78. The van der Waals surface area contributed by atoms with Crippen molar-refractivity contribution >= 4 is 21.8 Å². The Hall–Kier alpha value is -1.24. The molecule has 0 aromatic heterocycles. The summed E-state index contributed by atoms with van der Waals surface area (Å²) in [5.41, 5.74) is 0.179. The number of rotatable bonds is 4. The van der Waals surface area contributed by atoms with E-state index in [1.165, 1.54) is 32.2 Å². The highest BCUT2D eigenvalue weighted by Crippen LogP contribution is 2.26. The molecule has 0 unspecified atom stereocenters. The summed E-state index contributed by atoms with van der Waals surface area (Å²) in [4.78, 5) is 12.7. The Morgan fingerprint density at radius 2 is 2.05 bits per heavy atom. The smallest absolute Gasteiger partial charge is 0.406 e. The molecule has 1 amide bonds. The predicted molar refractivity (Wildman–Crippen MR) is 68.3 cm³/mol. The van der Waals surface area contributed by atoms with Crippen LogP contribution in [0.25, 0.3) is 0 Å². The second kappa shape index (κ2) is 6.27. The number of hydrogen-bond donors (Lipinski definition) is 0. The molecule has 19 heavy (non-hydrogen) atoms. The van der Waals surface area contributed by atoms with Gasteiger partial charge in [-0.05, 0) is 41.1 Å². The summed E-state index contributed by atoms with van der Waals surface area (Å²) in [6.45, 7) is 0.232. The van der Waals surface area contributed by atoms with Crippen molar-refractivity contribution in [2.24, 2.45) is 0 Å². The van der Waals surface area contributed by atoms with Crippen LogP contribution < -0.4 is 4.74 Å². The third-order valence-electron chi connectivity index (χ3n) is 2.44. The first-order chi connectivity index (χ1) is 8.78. The molecule has 1 aromatic rings. The van der Waals surface area contributed by atoms with Crippen molar-refractivity contribution in [2.75, 3.05) is 20.2 Å². The topological polar surface area (TPSA) is 29.5 Å². The molecule has 106 valence electrons. The minimum atomic E-state index is -4.41. The zero-order chi connectivity index (χ0) is 14.6. The molecule has 1 rings (SSSR count). The summed E-state index contributed by atoms with van der Waals surface area (Å²) in [7, 11) is 1.46. The summed E-state index contributed by atoms with van der Waals surface area (Å²) >= 11 is 3.19. The normalized spacial score (nSPS) is 11.3. The fourth-order valence-corrected chi connectivity index (χ4v) is 2.07. The maximum absolute atomic E-state index is 12.3. The molecular weight excluding hydrogens is 327 g/mol. The molecule has 0 bridgehead atoms. The number of halogens is 4. The van der Waals surface area contributed by atoms with Gasteiger partial charge in [-0.25, -0.2) is 0 Å². The van der Waals surface area contributed by atoms with E-state index in [9.17, 15) is 18.0 Å². The lowest BCUT2D eigenvalue weighted by Crippen LogP contribution is -2.38. The van der Waals surface area contributed by atoms with Crippen LogP contribution in [0.2, 0.25) is 0 Å². The van der Waals surface area contributed by atoms with E-state index in [0.717, 1.165) is 4.90 Å². The van der Waals surface area contributed by atoms with Crippen LogP contribution in [0.1, 0.15) is 17.3 Å². The summed E-state index contributed by atoms with van der Waals surface area (Å²) in [6.07, 6.45) is -4.41. The molecule has 0 heterocycles. The summed E-state index contributed by atoms with van der Waals surface area (Å²) in [5.74, 6) is -0.154. The van der Waals surface area contributed by atoms with E-state index >= 15 is 0 Å². The largest absolute Gasteiger partial charge is 0.496 e. The van der Waals surface area contributed by atoms with Crippen molar-refractivity contribution < 1.29 is 22.7 Å². The number of benzene rings is 1. The zero-order valence-electron chi connectivity index (χ0n) is 10.4. The van der Waals surface area contributed by atoms with Gasteiger partial charge in [0.1, 0.15) is 12.3 Å². The van der Waals surface area contributed by atoms with E-state index in [1.807, 2.05) is 0 Å². The first-order valence-electron chi connectivity index (χ1n) is 5.48. The van der Waals surface area contributed by atoms with Crippen LogP contribution >= 0.6 is 15.9 Å². The number of carbonyl (C=O) groups excluding carboxylic acids is 1. The first-order valence-corrected chi connectivity index (χ1v) is 6.27. The van der Waals surface area contributed by atoms with Crippen molar-refractivity contribution in [1.82, 2.24) is 4.90 Å². The lowest BCUT2D eigenvalue weighted by atomic mass is 10.2. The van der Waals surface area contributed by atoms with Gasteiger partial charge in [-0.1, -0.05) is 0 Å². The van der Waals surface area contributed by atoms with Crippen molar-refractivity contribution in [3.8, 4) is 5.75 Å². The molecule has 0 N–H and O–H groups in total. The third-order valence-corrected chi connectivity index (χ3v) is 3.06. The van der Waals surface area contributed by atoms with Crippen LogP contribution in [0.15, 0.2) is 22.7 Å². The van der Waals surface area contributed by atoms with Gasteiger partial charge in [0, 0.05) is 12.1 Å². The molecule has 0 spiro atoms. The van der Waals surface area contributed by atoms with Gasteiger partial charge in [0.05, 0.1) is 11.6 Å². The average molecular weight is 340 g/mol. The van der Waals surface area contributed by atoms with E-state index in [0.29, 0.717) is 10.2 Å². The SMILES string of the molecule is CCN(CC(F)(F)F)C(=O)c1ccc(OC)c(Br)c1. The molecule has 0 fully saturated rings. The highest BCUT2D eigenvalue weighted by atomic mass is 79.9. The first kappa shape index (κ1) is 15.8. The number of nitrogens with zero attached hydrogens (tertiary/aromatic N) is 1. The molecule has 3 nitrogen and oxygen atoms in total. The van der Waals surface area contributed by atoms with Gasteiger partial charge < -0.3 is 9.64 Å². The molecule has 0 atom stereocenters. The molecule has 0 aliphatic heterocycles. The van der Waals surface area contributed by atoms with Crippen molar-refractivity contribution in [1.29, 1.82) is 0 Å². The minimum absolute atomic E-state index is 0.0119. The quantitative estimate of drug-likeness (QED) is 0.840. The number of methoxy groups -OCH3 is 1. The Bertz CT molecular complexity index is 463. The van der Waals surface area contributed by atoms with Gasteiger partial charge in [-0.15, -0.1) is 0 Å². The highest BCUT2D eigenvalue weighted by molar-refractivity contribution is 9.10. The number of ether oxygens (including phenoxy) is 1. The third kappa shape index (κ3) is 4.41. The van der Waals surface area contributed by atoms with E-state index in [2.05, 4.69) is 15.9 Å². The number of amides is 1. The fraction of sp³-hybridized carbons (Fsp3) is 0.417. The highest BCUT2D eigenvalue weighted by Gasteiger charge is 2.32. The zero-order valence-corrected chi connectivity index (χ0v) is 12.0. The second-order valence-corrected chi connectivity index (χ2v) is 4.64. The van der Waals surface area contributed by atoms with Gasteiger partial charge in [0.15, 0.2) is 0 Å². The summed E-state index contributed by atoms with van der Waals surface area (Å²) < 4.78 is 42.5. The summed E-state index contributed by atoms with van der Waals surface area (Å²) in [5, 5.41) is 0. The number of carbonyl (C=O) groups is 1. The Labute approximate surface area is 117 Å². The van der Waals surface area contributed by atoms with Crippen LogP contribution in [0, 0.1) is 0 Å². The van der Waals surface area contributed by atoms with Crippen LogP contribution in [0.5, 0.6) is 5.75 Å². The van der Waals surface area contributed by atoms with Gasteiger partial charge in [0.2, 0.25) is 0 Å². The minimum Gasteiger partial charge on any atom is -0.496 e. The van der Waals surface area contributed by atoms with Crippen LogP contribution in [0.3, 0.4) is 0 Å². The predicted octanol–water partition coefficient (Wildman–Crippen LogP) is 3.48. The summed E-state index contributed by atoms with van der Waals surface area (Å²) in [6, 6.07) is 4.41. The molecule has 0 saturated carbocycles. The molecule has 0 radical (unpaired) electrons. The maximum Gasteiger partial charge on any atom is 0.406 e. The van der Waals surface area contributed by atoms with E-state index in [-0.39, 0.29) is 12.1 Å². The Kier molecular flexibility index (Phi) is 5.22. The molecular formula is C12H13BrF3NO2. The van der Waals surface area contributed by atoms with Crippen molar-refractivity contribution in [3.05, 3.63) is 28.2 Å². The lowest BCUT2D eigenvalue weighted by molar-refractivity contribution is -0.140. The van der Waals surface area contributed by atoms with Crippen molar-refractivity contribution in [3.63, 3.8) is 0 Å². The van der Waals surface area contributed by atoms with Gasteiger partial charge in [0.25, 0.3) is 5.91 Å². The molecule has 0 aliphatic carbocycles. The van der Waals surface area contributed by atoms with Crippen LogP contribution in [0.4, 0.5) is 13.2 Å². The monoisotopic (exact) mass is 339 g/mol. The van der Waals surface area contributed by atoms with Crippen LogP contribution in [-0.4, -0.2) is 37.2 Å². The molecule has 0 saturated heterocycles. The van der Waals surface area contributed by atoms with E-state index < -0.39 is 18.6 Å². The molecule has 7 heteroatoms. The molecule has 1 aromatic carbocycles. The van der Waals surface area contributed by atoms with Crippen LogP contribution in [-0.2, 0) is 0 Å². The average Bonchev–Trinajstić information content (AvgIpc) is 2.34. The lowest BCUT2D eigenvalue weighted by Gasteiger charge is -2.22. The van der Waals surface area contributed by atoms with Gasteiger partial charge in [-0.2, -0.15) is 13.2 Å². The van der Waals surface area contributed by atoms with Gasteiger partial charge >= 0.3 is 6.18 Å². The Morgan fingerprint density at radius 3 is 2.47 bits per heavy atom. The van der Waals surface area contributed by atoms with Gasteiger partial charge in [-0.3, -0.25) is 4.79 Å². The molecule has 0 aliphatic rings. The van der Waals surface area contributed by atoms with E-state index in [4.69, 9.17) is 4.74 Å². The Morgan fingerprint density at radius 1 is 1.42 bits per heavy atom. The number of hydrogen-bond acceptors (Lipinski definition) is 2.